The van der Waals surface area contributed by atoms with Crippen LogP contribution in [0.25, 0.3) is 0 Å². The number of carbonyl (C=O) groups excluding carboxylic acids is 2. The van der Waals surface area contributed by atoms with Gasteiger partial charge in [-0.3, -0.25) is 29.5 Å². The highest BCUT2D eigenvalue weighted by atomic mass is 16.6. The van der Waals surface area contributed by atoms with Gasteiger partial charge in [0.1, 0.15) is 0 Å². The quantitative estimate of drug-likeness (QED) is 0.341. The molecule has 166 valence electrons. The fourth-order valence-electron chi connectivity index (χ4n) is 5.09. The van der Waals surface area contributed by atoms with Gasteiger partial charge in [-0.05, 0) is 5.56 Å². The predicted molar refractivity (Wildman–Crippen MR) is 123 cm³/mol. The normalized spacial score (nSPS) is 18.3. The van der Waals surface area contributed by atoms with Gasteiger partial charge in [-0.15, -0.1) is 0 Å². The van der Waals surface area contributed by atoms with Crippen molar-refractivity contribution in [2.45, 2.75) is 12.1 Å². The second kappa shape index (κ2) is 8.35. The summed E-state index contributed by atoms with van der Waals surface area (Å²) in [6.07, 6.45) is 0. The van der Waals surface area contributed by atoms with E-state index < -0.39 is 5.54 Å². The number of hydrogen-bond acceptors (Lipinski definition) is 6. The fraction of sp³-hybridized carbons (Fsp3) is 0.231. The first-order valence-corrected chi connectivity index (χ1v) is 11.0. The largest absolute Gasteiger partial charge is 0.296 e. The third-order valence-electron chi connectivity index (χ3n) is 6.69. The van der Waals surface area contributed by atoms with E-state index >= 15 is 0 Å². The van der Waals surface area contributed by atoms with Gasteiger partial charge in [0.25, 0.3) is 5.69 Å². The van der Waals surface area contributed by atoms with Crippen molar-refractivity contribution >= 4 is 17.3 Å². The Morgan fingerprint density at radius 1 is 0.758 bits per heavy atom. The second-order valence-electron chi connectivity index (χ2n) is 8.43. The molecule has 1 aliphatic heterocycles. The Labute approximate surface area is 191 Å². The summed E-state index contributed by atoms with van der Waals surface area (Å²) < 4.78 is 0. The van der Waals surface area contributed by atoms with Gasteiger partial charge in [0.05, 0.1) is 4.92 Å². The van der Waals surface area contributed by atoms with Gasteiger partial charge in [-0.25, -0.2) is 0 Å². The molecule has 5 rings (SSSR count). The Bertz CT molecular complexity index is 1200. The summed E-state index contributed by atoms with van der Waals surface area (Å²) in [5.74, 6) is -0.358. The van der Waals surface area contributed by atoms with E-state index in [9.17, 15) is 19.7 Å². The number of Topliss-reactive ketones (excluding diaryl/α,β-unsaturated/α-hetero) is 2. The summed E-state index contributed by atoms with van der Waals surface area (Å²) in [5.41, 5.74) is 1.02. The zero-order valence-electron chi connectivity index (χ0n) is 18.0. The molecule has 0 spiro atoms. The van der Waals surface area contributed by atoms with Gasteiger partial charge in [0.2, 0.25) is 0 Å². The molecular formula is C26H23N3O4. The van der Waals surface area contributed by atoms with Gasteiger partial charge >= 0.3 is 0 Å². The lowest BCUT2D eigenvalue weighted by Gasteiger charge is -2.44. The summed E-state index contributed by atoms with van der Waals surface area (Å²) in [5, 5.41) is 11.4. The Hall–Kier alpha value is -3.68. The first-order chi connectivity index (χ1) is 16.0. The van der Waals surface area contributed by atoms with Gasteiger partial charge < -0.3 is 0 Å². The molecule has 1 heterocycles. The van der Waals surface area contributed by atoms with Crippen LogP contribution < -0.4 is 0 Å². The van der Waals surface area contributed by atoms with Crippen LogP contribution in [0.15, 0.2) is 78.9 Å². The number of para-hydroxylation sites is 1. The van der Waals surface area contributed by atoms with Crippen molar-refractivity contribution in [1.82, 2.24) is 9.80 Å². The topological polar surface area (TPSA) is 83.8 Å². The van der Waals surface area contributed by atoms with Crippen molar-refractivity contribution in [1.29, 1.82) is 0 Å². The summed E-state index contributed by atoms with van der Waals surface area (Å²) in [6.45, 7) is 2.64. The lowest BCUT2D eigenvalue weighted by Crippen LogP contribution is -2.60. The number of fused-ring (bicyclic) bond motifs is 1. The highest BCUT2D eigenvalue weighted by Gasteiger charge is 2.58. The molecule has 1 fully saturated rings. The van der Waals surface area contributed by atoms with Crippen LogP contribution in [-0.4, -0.2) is 52.5 Å². The smallest absolute Gasteiger partial charge is 0.273 e. The third kappa shape index (κ3) is 3.37. The number of ketones is 2. The number of nitro groups is 1. The predicted octanol–water partition coefficient (Wildman–Crippen LogP) is 3.69. The van der Waals surface area contributed by atoms with E-state index in [4.69, 9.17) is 0 Å². The molecule has 2 aliphatic rings. The third-order valence-corrected chi connectivity index (χ3v) is 6.69. The van der Waals surface area contributed by atoms with E-state index in [0.717, 1.165) is 0 Å². The summed E-state index contributed by atoms with van der Waals surface area (Å²) in [6, 6.07) is 23.1. The molecular weight excluding hydrogens is 418 g/mol. The van der Waals surface area contributed by atoms with Crippen LogP contribution in [0.1, 0.15) is 31.8 Å². The Morgan fingerprint density at radius 3 is 1.91 bits per heavy atom. The molecule has 33 heavy (non-hydrogen) atoms. The van der Waals surface area contributed by atoms with Crippen LogP contribution in [0.4, 0.5) is 5.69 Å². The van der Waals surface area contributed by atoms with Crippen molar-refractivity contribution < 1.29 is 14.5 Å². The minimum absolute atomic E-state index is 0.109. The van der Waals surface area contributed by atoms with Crippen LogP contribution in [0, 0.1) is 10.1 Å². The minimum Gasteiger partial charge on any atom is -0.296 e. The fourth-order valence-corrected chi connectivity index (χ4v) is 5.09. The van der Waals surface area contributed by atoms with Crippen molar-refractivity contribution in [3.05, 3.63) is 111 Å². The minimum atomic E-state index is -1.37. The first-order valence-electron chi connectivity index (χ1n) is 11.0. The molecule has 0 saturated carbocycles. The number of nitrogens with zero attached hydrogens (tertiary/aromatic N) is 3. The maximum atomic E-state index is 13.8. The molecule has 3 aromatic rings. The number of hydrogen-bond donors (Lipinski definition) is 0. The first kappa shape index (κ1) is 21.2. The molecule has 7 nitrogen and oxygen atoms in total. The molecule has 3 aromatic carbocycles. The maximum absolute atomic E-state index is 13.8. The molecule has 1 saturated heterocycles. The molecule has 1 aliphatic carbocycles. The summed E-state index contributed by atoms with van der Waals surface area (Å²) in [4.78, 5) is 42.7. The summed E-state index contributed by atoms with van der Waals surface area (Å²) in [7, 11) is 0. The highest BCUT2D eigenvalue weighted by molar-refractivity contribution is 6.32. The van der Waals surface area contributed by atoms with Crippen LogP contribution >= 0.6 is 0 Å². The number of rotatable bonds is 5. The number of carbonyl (C=O) groups is 2. The second-order valence-corrected chi connectivity index (χ2v) is 8.43. The highest BCUT2D eigenvalue weighted by Crippen LogP contribution is 2.43. The molecule has 7 heteroatoms. The van der Waals surface area contributed by atoms with Gasteiger partial charge in [-0.2, -0.15) is 0 Å². The Morgan fingerprint density at radius 2 is 1.30 bits per heavy atom. The molecule has 0 atom stereocenters. The van der Waals surface area contributed by atoms with E-state index in [1.165, 1.54) is 6.07 Å². The summed E-state index contributed by atoms with van der Waals surface area (Å²) >= 11 is 0. The number of piperazine rings is 1. The molecule has 0 N–H and O–H groups in total. The van der Waals surface area contributed by atoms with E-state index in [0.29, 0.717) is 55.0 Å². The van der Waals surface area contributed by atoms with Crippen LogP contribution in [-0.2, 0) is 12.1 Å². The Kier molecular flexibility index (Phi) is 5.36. The Balaban J connectivity index is 1.44. The molecule has 0 bridgehead atoms. The standard InChI is InChI=1S/C26H23N3O4/c30-24-21-11-5-6-12-22(21)25(31)26(24,20-9-2-1-3-10-20)28-16-14-27(15-17-28)18-19-8-4-7-13-23(19)29(32)33/h1-13H,14-18H2. The number of benzene rings is 3. The molecule has 0 radical (unpaired) electrons. The van der Waals surface area contributed by atoms with E-state index in [1.54, 1.807) is 42.5 Å². The SMILES string of the molecule is O=C1c2ccccc2C(=O)C1(c1ccccc1)N1CCN(Cc2ccccc2[N+](=O)[O-])CC1. The average Bonchev–Trinajstić information content (AvgIpc) is 3.08. The van der Waals surface area contributed by atoms with E-state index in [2.05, 4.69) is 4.90 Å². The van der Waals surface area contributed by atoms with Crippen LogP contribution in [0.2, 0.25) is 0 Å². The van der Waals surface area contributed by atoms with Crippen molar-refractivity contribution in [2.75, 3.05) is 26.2 Å². The van der Waals surface area contributed by atoms with E-state index in [1.807, 2.05) is 35.2 Å². The zero-order valence-corrected chi connectivity index (χ0v) is 18.0. The molecule has 0 amide bonds. The van der Waals surface area contributed by atoms with Crippen molar-refractivity contribution in [2.24, 2.45) is 0 Å². The lowest BCUT2D eigenvalue weighted by molar-refractivity contribution is -0.385. The van der Waals surface area contributed by atoms with Gasteiger partial charge in [0, 0.05) is 55.5 Å². The molecule has 0 aromatic heterocycles. The molecule has 0 unspecified atom stereocenters. The van der Waals surface area contributed by atoms with Crippen molar-refractivity contribution in [3.63, 3.8) is 0 Å². The number of nitro benzene ring substituents is 1. The van der Waals surface area contributed by atoms with Crippen LogP contribution in [0.5, 0.6) is 0 Å². The zero-order chi connectivity index (χ0) is 23.0. The maximum Gasteiger partial charge on any atom is 0.273 e. The van der Waals surface area contributed by atoms with E-state index in [-0.39, 0.29) is 22.2 Å². The monoisotopic (exact) mass is 441 g/mol. The van der Waals surface area contributed by atoms with Gasteiger partial charge in [0.15, 0.2) is 17.1 Å². The average molecular weight is 441 g/mol. The lowest BCUT2D eigenvalue weighted by atomic mass is 9.82. The van der Waals surface area contributed by atoms with Gasteiger partial charge in [-0.1, -0.05) is 72.8 Å². The van der Waals surface area contributed by atoms with Crippen LogP contribution in [0.3, 0.4) is 0 Å². The van der Waals surface area contributed by atoms with Crippen molar-refractivity contribution in [3.8, 4) is 0 Å².